The van der Waals surface area contributed by atoms with Crippen LogP contribution in [0.15, 0.2) is 41.3 Å². The molecule has 0 aliphatic carbocycles. The molecule has 0 spiro atoms. The standard InChI is InChI=1S/C17H22N2O/c1-12(2)18-10-15-11-19(14(4)9-17(15)20)16-7-5-6-13(3)8-16/h5-9,11-12,18H,10H2,1-4H3. The van der Waals surface area contributed by atoms with Crippen LogP contribution in [0.5, 0.6) is 0 Å². The van der Waals surface area contributed by atoms with Gasteiger partial charge >= 0.3 is 0 Å². The van der Waals surface area contributed by atoms with Crippen molar-refractivity contribution in [1.29, 1.82) is 0 Å². The monoisotopic (exact) mass is 270 g/mol. The number of hydrogen-bond donors (Lipinski definition) is 1. The molecule has 0 amide bonds. The van der Waals surface area contributed by atoms with Crippen LogP contribution >= 0.6 is 0 Å². The second-order valence-electron chi connectivity index (χ2n) is 5.55. The van der Waals surface area contributed by atoms with Gasteiger partial charge in [0.05, 0.1) is 0 Å². The van der Waals surface area contributed by atoms with E-state index in [0.717, 1.165) is 16.9 Å². The Morgan fingerprint density at radius 2 is 1.95 bits per heavy atom. The number of pyridine rings is 1. The second-order valence-corrected chi connectivity index (χ2v) is 5.55. The molecule has 1 heterocycles. The minimum Gasteiger partial charge on any atom is -0.321 e. The molecule has 0 aliphatic rings. The molecule has 1 aromatic heterocycles. The number of aromatic nitrogens is 1. The molecule has 0 radical (unpaired) electrons. The van der Waals surface area contributed by atoms with Crippen molar-refractivity contribution in [3.8, 4) is 5.69 Å². The van der Waals surface area contributed by atoms with Gasteiger partial charge in [0.2, 0.25) is 0 Å². The zero-order valence-electron chi connectivity index (χ0n) is 12.6. The first-order chi connectivity index (χ1) is 9.47. The highest BCUT2D eigenvalue weighted by Gasteiger charge is 2.06. The number of nitrogens with zero attached hydrogens (tertiary/aromatic N) is 1. The predicted octanol–water partition coefficient (Wildman–Crippen LogP) is 2.95. The first-order valence-corrected chi connectivity index (χ1v) is 7.00. The predicted molar refractivity (Wildman–Crippen MR) is 83.5 cm³/mol. The van der Waals surface area contributed by atoms with Gasteiger partial charge in [-0.3, -0.25) is 4.79 Å². The molecule has 1 aromatic carbocycles. The van der Waals surface area contributed by atoms with E-state index in [1.165, 1.54) is 5.56 Å². The lowest BCUT2D eigenvalue weighted by atomic mass is 10.2. The molecule has 0 saturated carbocycles. The van der Waals surface area contributed by atoms with E-state index in [0.29, 0.717) is 12.6 Å². The molecule has 2 rings (SSSR count). The van der Waals surface area contributed by atoms with Gasteiger partial charge in [0.1, 0.15) is 0 Å². The molecule has 0 fully saturated rings. The molecule has 2 aromatic rings. The molecule has 3 heteroatoms. The van der Waals surface area contributed by atoms with Crippen LogP contribution in [-0.4, -0.2) is 10.6 Å². The van der Waals surface area contributed by atoms with Crippen molar-refractivity contribution < 1.29 is 0 Å². The maximum Gasteiger partial charge on any atom is 0.186 e. The summed E-state index contributed by atoms with van der Waals surface area (Å²) < 4.78 is 2.08. The third-order valence-corrected chi connectivity index (χ3v) is 3.30. The molecule has 0 saturated heterocycles. The van der Waals surface area contributed by atoms with Gasteiger partial charge in [-0.05, 0) is 31.5 Å². The number of hydrogen-bond acceptors (Lipinski definition) is 2. The Labute approximate surface area is 120 Å². The van der Waals surface area contributed by atoms with Crippen molar-refractivity contribution in [1.82, 2.24) is 9.88 Å². The third kappa shape index (κ3) is 3.36. The molecule has 0 unspecified atom stereocenters. The highest BCUT2D eigenvalue weighted by Crippen LogP contribution is 2.12. The topological polar surface area (TPSA) is 34.0 Å². The molecule has 3 nitrogen and oxygen atoms in total. The quantitative estimate of drug-likeness (QED) is 0.927. The smallest absolute Gasteiger partial charge is 0.186 e. The van der Waals surface area contributed by atoms with E-state index in [1.807, 2.05) is 19.2 Å². The van der Waals surface area contributed by atoms with Crippen LogP contribution in [-0.2, 0) is 6.54 Å². The molecule has 0 atom stereocenters. The van der Waals surface area contributed by atoms with E-state index in [4.69, 9.17) is 0 Å². The largest absolute Gasteiger partial charge is 0.321 e. The van der Waals surface area contributed by atoms with Crippen LogP contribution in [0.2, 0.25) is 0 Å². The first-order valence-electron chi connectivity index (χ1n) is 7.00. The molecule has 0 aliphatic heterocycles. The molecule has 20 heavy (non-hydrogen) atoms. The van der Waals surface area contributed by atoms with Gasteiger partial charge in [0.15, 0.2) is 5.43 Å². The molecular weight excluding hydrogens is 248 g/mol. The number of aryl methyl sites for hydroxylation is 2. The summed E-state index contributed by atoms with van der Waals surface area (Å²) in [5.41, 5.74) is 4.15. The van der Waals surface area contributed by atoms with Crippen molar-refractivity contribution in [3.63, 3.8) is 0 Å². The highest BCUT2D eigenvalue weighted by atomic mass is 16.1. The normalized spacial score (nSPS) is 11.1. The van der Waals surface area contributed by atoms with Gasteiger partial charge < -0.3 is 9.88 Å². The minimum absolute atomic E-state index is 0.0968. The first kappa shape index (κ1) is 14.5. The van der Waals surface area contributed by atoms with Crippen LogP contribution in [0.1, 0.15) is 30.7 Å². The van der Waals surface area contributed by atoms with E-state index in [-0.39, 0.29) is 5.43 Å². The number of nitrogens with one attached hydrogen (secondary N) is 1. The van der Waals surface area contributed by atoms with Crippen molar-refractivity contribution in [2.75, 3.05) is 0 Å². The van der Waals surface area contributed by atoms with E-state index < -0.39 is 0 Å². The van der Waals surface area contributed by atoms with Crippen molar-refractivity contribution in [2.45, 2.75) is 40.3 Å². The fraction of sp³-hybridized carbons (Fsp3) is 0.353. The molecule has 106 valence electrons. The zero-order chi connectivity index (χ0) is 14.7. The Hall–Kier alpha value is -1.87. The number of rotatable bonds is 4. The lowest BCUT2D eigenvalue weighted by Gasteiger charge is -2.14. The van der Waals surface area contributed by atoms with Gasteiger partial charge in [-0.2, -0.15) is 0 Å². The Bertz CT molecular complexity index is 656. The third-order valence-electron chi connectivity index (χ3n) is 3.30. The van der Waals surface area contributed by atoms with E-state index in [9.17, 15) is 4.79 Å². The Morgan fingerprint density at radius 1 is 1.20 bits per heavy atom. The van der Waals surface area contributed by atoms with E-state index in [2.05, 4.69) is 48.9 Å². The molecular formula is C17H22N2O. The minimum atomic E-state index is 0.0968. The maximum absolute atomic E-state index is 12.0. The highest BCUT2D eigenvalue weighted by molar-refractivity contribution is 5.38. The SMILES string of the molecule is Cc1cccc(-n2cc(CNC(C)C)c(=O)cc2C)c1. The van der Waals surface area contributed by atoms with Crippen molar-refractivity contribution in [2.24, 2.45) is 0 Å². The van der Waals surface area contributed by atoms with Gasteiger partial charge in [0.25, 0.3) is 0 Å². The zero-order valence-corrected chi connectivity index (χ0v) is 12.6. The lowest BCUT2D eigenvalue weighted by Crippen LogP contribution is -2.26. The Balaban J connectivity index is 2.43. The summed E-state index contributed by atoms with van der Waals surface area (Å²) in [4.78, 5) is 12.0. The van der Waals surface area contributed by atoms with Crippen molar-refractivity contribution in [3.05, 3.63) is 63.6 Å². The second kappa shape index (κ2) is 6.06. The summed E-state index contributed by atoms with van der Waals surface area (Å²) in [6, 6.07) is 10.4. The summed E-state index contributed by atoms with van der Waals surface area (Å²) in [6.07, 6.45) is 1.95. The Morgan fingerprint density at radius 3 is 2.60 bits per heavy atom. The van der Waals surface area contributed by atoms with Gasteiger partial charge in [-0.1, -0.05) is 26.0 Å². The maximum atomic E-state index is 12.0. The van der Waals surface area contributed by atoms with Crippen LogP contribution in [0.3, 0.4) is 0 Å². The van der Waals surface area contributed by atoms with E-state index in [1.54, 1.807) is 6.07 Å². The summed E-state index contributed by atoms with van der Waals surface area (Å²) in [5.74, 6) is 0. The van der Waals surface area contributed by atoms with Gasteiger partial charge in [-0.25, -0.2) is 0 Å². The van der Waals surface area contributed by atoms with Crippen molar-refractivity contribution >= 4 is 0 Å². The van der Waals surface area contributed by atoms with Crippen LogP contribution < -0.4 is 10.7 Å². The summed E-state index contributed by atoms with van der Waals surface area (Å²) in [5, 5.41) is 3.30. The fourth-order valence-corrected chi connectivity index (χ4v) is 2.18. The summed E-state index contributed by atoms with van der Waals surface area (Å²) in [7, 11) is 0. The average Bonchev–Trinajstić information content (AvgIpc) is 2.37. The lowest BCUT2D eigenvalue weighted by molar-refractivity contribution is 0.585. The average molecular weight is 270 g/mol. The summed E-state index contributed by atoms with van der Waals surface area (Å²) in [6.45, 7) is 8.79. The fourth-order valence-electron chi connectivity index (χ4n) is 2.18. The number of benzene rings is 1. The van der Waals surface area contributed by atoms with Crippen LogP contribution in [0.4, 0.5) is 0 Å². The summed E-state index contributed by atoms with van der Waals surface area (Å²) >= 11 is 0. The van der Waals surface area contributed by atoms with Gasteiger partial charge in [-0.15, -0.1) is 0 Å². The van der Waals surface area contributed by atoms with Gasteiger partial charge in [0, 0.05) is 41.8 Å². The van der Waals surface area contributed by atoms with Crippen LogP contribution in [0, 0.1) is 13.8 Å². The Kier molecular flexibility index (Phi) is 4.40. The molecule has 1 N–H and O–H groups in total. The van der Waals surface area contributed by atoms with Crippen LogP contribution in [0.25, 0.3) is 5.69 Å². The molecule has 0 bridgehead atoms. The van der Waals surface area contributed by atoms with E-state index >= 15 is 0 Å².